The summed E-state index contributed by atoms with van der Waals surface area (Å²) >= 11 is 18.3. The van der Waals surface area contributed by atoms with E-state index < -0.39 is 0 Å². The van der Waals surface area contributed by atoms with Crippen LogP contribution in [0.3, 0.4) is 0 Å². The maximum Gasteiger partial charge on any atom is 0.196 e. The molecule has 1 aromatic carbocycles. The summed E-state index contributed by atoms with van der Waals surface area (Å²) in [6.45, 7) is 3.17. The molecule has 1 aromatic rings. The van der Waals surface area contributed by atoms with E-state index in [2.05, 4.69) is 20.5 Å². The lowest BCUT2D eigenvalue weighted by atomic mass is 10.2. The number of hydrogen-bond acceptors (Lipinski definition) is 4. The first-order valence-electron chi connectivity index (χ1n) is 6.38. The van der Waals surface area contributed by atoms with Gasteiger partial charge in [-0.2, -0.15) is 0 Å². The largest absolute Gasteiger partial charge is 0.354 e. The third-order valence-electron chi connectivity index (χ3n) is 2.94. The molecule has 9 heteroatoms. The molecular formula is C13H19Cl5N4. The van der Waals surface area contributed by atoms with E-state index in [4.69, 9.17) is 34.8 Å². The quantitative estimate of drug-likeness (QED) is 0.727. The zero-order chi connectivity index (χ0) is 14.5. The monoisotopic (exact) mass is 406 g/mol. The van der Waals surface area contributed by atoms with Crippen molar-refractivity contribution in [1.82, 2.24) is 10.2 Å². The zero-order valence-electron chi connectivity index (χ0n) is 12.0. The predicted octanol–water partition coefficient (Wildman–Crippen LogP) is 3.88. The van der Waals surface area contributed by atoms with Crippen LogP contribution < -0.4 is 10.6 Å². The van der Waals surface area contributed by atoms with Crippen molar-refractivity contribution in [2.24, 2.45) is 4.99 Å². The molecule has 0 fully saturated rings. The average molecular weight is 409 g/mol. The first kappa shape index (κ1) is 21.9. The van der Waals surface area contributed by atoms with Crippen LogP contribution in [0, 0.1) is 0 Å². The first-order chi connectivity index (χ1) is 9.60. The molecule has 1 aliphatic rings. The highest BCUT2D eigenvalue weighted by atomic mass is 35.5. The zero-order valence-corrected chi connectivity index (χ0v) is 15.9. The van der Waals surface area contributed by atoms with Gasteiger partial charge >= 0.3 is 0 Å². The van der Waals surface area contributed by atoms with Crippen LogP contribution in [0.15, 0.2) is 17.1 Å². The predicted molar refractivity (Wildman–Crippen MR) is 102 cm³/mol. The third kappa shape index (κ3) is 6.19. The number of alkyl halides is 1. The highest BCUT2D eigenvalue weighted by Gasteiger charge is 2.13. The SMILES string of the molecule is CN(CCCl)Cc1cc(Cl)c(NC2=NCCN2)c(Cl)c1.Cl.Cl. The average Bonchev–Trinajstić information content (AvgIpc) is 2.87. The molecule has 126 valence electrons. The van der Waals surface area contributed by atoms with Crippen molar-refractivity contribution in [1.29, 1.82) is 0 Å². The number of aliphatic imine (C=N–C) groups is 1. The number of benzene rings is 1. The van der Waals surface area contributed by atoms with Gasteiger partial charge in [0.1, 0.15) is 0 Å². The first-order valence-corrected chi connectivity index (χ1v) is 7.67. The van der Waals surface area contributed by atoms with Gasteiger partial charge in [-0.25, -0.2) is 0 Å². The number of halogens is 5. The summed E-state index contributed by atoms with van der Waals surface area (Å²) in [5.74, 6) is 1.31. The lowest BCUT2D eigenvalue weighted by molar-refractivity contribution is 0.348. The summed E-state index contributed by atoms with van der Waals surface area (Å²) in [5, 5.41) is 7.42. The molecule has 1 heterocycles. The maximum atomic E-state index is 6.30. The van der Waals surface area contributed by atoms with Crippen LogP contribution in [-0.2, 0) is 6.54 Å². The van der Waals surface area contributed by atoms with Crippen molar-refractivity contribution >= 4 is 71.3 Å². The Bertz CT molecular complexity index is 486. The van der Waals surface area contributed by atoms with Crippen LogP contribution in [0.5, 0.6) is 0 Å². The fraction of sp³-hybridized carbons (Fsp3) is 0.462. The van der Waals surface area contributed by atoms with Crippen molar-refractivity contribution in [3.8, 4) is 0 Å². The van der Waals surface area contributed by atoms with Gasteiger partial charge in [0.05, 0.1) is 22.3 Å². The maximum absolute atomic E-state index is 6.30. The number of rotatable bonds is 5. The van der Waals surface area contributed by atoms with Crippen molar-refractivity contribution in [3.05, 3.63) is 27.7 Å². The van der Waals surface area contributed by atoms with Gasteiger partial charge in [0.25, 0.3) is 0 Å². The van der Waals surface area contributed by atoms with Gasteiger partial charge in [-0.1, -0.05) is 23.2 Å². The normalized spacial score (nSPS) is 13.0. The van der Waals surface area contributed by atoms with Gasteiger partial charge in [0, 0.05) is 25.5 Å². The molecule has 0 aromatic heterocycles. The number of hydrogen-bond donors (Lipinski definition) is 2. The van der Waals surface area contributed by atoms with E-state index in [1.54, 1.807) is 0 Å². The Balaban J connectivity index is 0.00000220. The van der Waals surface area contributed by atoms with Crippen LogP contribution in [0.25, 0.3) is 0 Å². The molecule has 0 aliphatic carbocycles. The van der Waals surface area contributed by atoms with Gasteiger partial charge in [-0.05, 0) is 24.7 Å². The van der Waals surface area contributed by atoms with E-state index in [0.717, 1.165) is 31.7 Å². The topological polar surface area (TPSA) is 39.7 Å². The van der Waals surface area contributed by atoms with E-state index in [1.807, 2.05) is 19.2 Å². The minimum absolute atomic E-state index is 0. The second kappa shape index (κ2) is 10.6. The minimum Gasteiger partial charge on any atom is -0.354 e. The van der Waals surface area contributed by atoms with Crippen LogP contribution >= 0.6 is 59.6 Å². The van der Waals surface area contributed by atoms with Gasteiger partial charge in [0.2, 0.25) is 0 Å². The molecule has 4 nitrogen and oxygen atoms in total. The molecule has 2 rings (SSSR count). The second-order valence-electron chi connectivity index (χ2n) is 4.64. The molecule has 0 saturated carbocycles. The number of nitrogens with one attached hydrogen (secondary N) is 2. The molecule has 0 bridgehead atoms. The van der Waals surface area contributed by atoms with Gasteiger partial charge in [0.15, 0.2) is 5.96 Å². The Kier molecular flexibility index (Phi) is 10.6. The van der Waals surface area contributed by atoms with Crippen molar-refractivity contribution in [3.63, 3.8) is 0 Å². The molecule has 0 atom stereocenters. The van der Waals surface area contributed by atoms with Crippen LogP contribution in [0.4, 0.5) is 5.69 Å². The van der Waals surface area contributed by atoms with E-state index in [0.29, 0.717) is 27.6 Å². The standard InChI is InChI=1S/C13H17Cl3N4.2ClH/c1-20(5-2-14)8-9-6-10(15)12(11(16)7-9)19-13-17-3-4-18-13;;/h6-7H,2-5,8H2,1H3,(H2,17,18,19);2*1H. The fourth-order valence-electron chi connectivity index (χ4n) is 1.97. The van der Waals surface area contributed by atoms with Crippen molar-refractivity contribution in [2.75, 3.05) is 37.9 Å². The van der Waals surface area contributed by atoms with Crippen LogP contribution in [0.2, 0.25) is 10.0 Å². The molecule has 0 saturated heterocycles. The summed E-state index contributed by atoms with van der Waals surface area (Å²) in [6.07, 6.45) is 0. The highest BCUT2D eigenvalue weighted by molar-refractivity contribution is 6.40. The van der Waals surface area contributed by atoms with E-state index >= 15 is 0 Å². The van der Waals surface area contributed by atoms with E-state index in [1.165, 1.54) is 0 Å². The summed E-state index contributed by atoms with van der Waals surface area (Å²) in [4.78, 5) is 6.38. The van der Waals surface area contributed by atoms with Crippen LogP contribution in [0.1, 0.15) is 5.56 Å². The number of anilines is 1. The van der Waals surface area contributed by atoms with Gasteiger partial charge in [-0.15, -0.1) is 36.4 Å². The van der Waals surface area contributed by atoms with Crippen molar-refractivity contribution in [2.45, 2.75) is 6.54 Å². The molecule has 22 heavy (non-hydrogen) atoms. The Morgan fingerprint density at radius 1 is 1.27 bits per heavy atom. The Hall–Kier alpha value is -0.100. The van der Waals surface area contributed by atoms with Crippen molar-refractivity contribution < 1.29 is 0 Å². The van der Waals surface area contributed by atoms with Gasteiger partial charge < -0.3 is 15.5 Å². The second-order valence-corrected chi connectivity index (χ2v) is 5.84. The molecule has 2 N–H and O–H groups in total. The summed E-state index contributed by atoms with van der Waals surface area (Å²) in [7, 11) is 2.01. The smallest absolute Gasteiger partial charge is 0.196 e. The molecule has 0 unspecified atom stereocenters. The third-order valence-corrected chi connectivity index (χ3v) is 3.70. The molecule has 1 aliphatic heterocycles. The minimum atomic E-state index is 0. The fourth-order valence-corrected chi connectivity index (χ4v) is 2.89. The Morgan fingerprint density at radius 3 is 2.41 bits per heavy atom. The number of guanidine groups is 1. The highest BCUT2D eigenvalue weighted by Crippen LogP contribution is 2.32. The molecule has 0 spiro atoms. The molecular weight excluding hydrogens is 389 g/mol. The summed E-state index contributed by atoms with van der Waals surface area (Å²) in [6, 6.07) is 3.83. The molecule has 0 radical (unpaired) electrons. The van der Waals surface area contributed by atoms with E-state index in [-0.39, 0.29) is 24.8 Å². The van der Waals surface area contributed by atoms with Crippen LogP contribution in [-0.4, -0.2) is 43.4 Å². The van der Waals surface area contributed by atoms with Gasteiger partial charge in [-0.3, -0.25) is 4.99 Å². The summed E-state index contributed by atoms with van der Waals surface area (Å²) < 4.78 is 0. The Labute approximate surface area is 158 Å². The number of nitrogens with zero attached hydrogens (tertiary/aromatic N) is 2. The molecule has 0 amide bonds. The summed E-state index contributed by atoms with van der Waals surface area (Å²) in [5.41, 5.74) is 1.74. The Morgan fingerprint density at radius 2 is 1.91 bits per heavy atom. The van der Waals surface area contributed by atoms with E-state index in [9.17, 15) is 0 Å². The lowest BCUT2D eigenvalue weighted by Crippen LogP contribution is -2.26. The lowest BCUT2D eigenvalue weighted by Gasteiger charge is -2.17.